The molecule has 0 spiro atoms. The Labute approximate surface area is 357 Å². The summed E-state index contributed by atoms with van der Waals surface area (Å²) in [6.45, 7) is 0. The molecule has 0 saturated carbocycles. The molecule has 0 unspecified atom stereocenters. The molecule has 0 bridgehead atoms. The Balaban J connectivity index is 0.948. The van der Waals surface area contributed by atoms with Gasteiger partial charge in [0.25, 0.3) is 0 Å². The SMILES string of the molecule is c1ccc(-c2cccc(-c3nc(-c4ccc(-c5ccc6c(c5)oc5c6ccc6c7ccccc7n(-c7ccccc7)c65)cc4)nc(-c4cccc(-c5ccccc5)c4)n3)c2)cc1. The number of hydrogen-bond acceptors (Lipinski definition) is 4. The molecule has 62 heavy (non-hydrogen) atoms. The lowest BCUT2D eigenvalue weighted by atomic mass is 10.0. The first-order chi connectivity index (χ1) is 30.7. The summed E-state index contributed by atoms with van der Waals surface area (Å²) in [5.41, 5.74) is 14.4. The fourth-order valence-electron chi connectivity index (χ4n) is 8.82. The molecule has 0 amide bonds. The highest BCUT2D eigenvalue weighted by molar-refractivity contribution is 6.21. The van der Waals surface area contributed by atoms with E-state index in [0.717, 1.165) is 88.7 Å². The molecule has 0 aliphatic rings. The van der Waals surface area contributed by atoms with Crippen LogP contribution in [0.4, 0.5) is 0 Å². The number of benzene rings is 9. The summed E-state index contributed by atoms with van der Waals surface area (Å²) >= 11 is 0. The van der Waals surface area contributed by atoms with Crippen molar-refractivity contribution < 1.29 is 4.42 Å². The van der Waals surface area contributed by atoms with Crippen LogP contribution in [-0.2, 0) is 0 Å². The van der Waals surface area contributed by atoms with Gasteiger partial charge in [0.15, 0.2) is 23.1 Å². The van der Waals surface area contributed by atoms with Crippen molar-refractivity contribution in [2.24, 2.45) is 0 Å². The van der Waals surface area contributed by atoms with E-state index in [4.69, 9.17) is 19.4 Å². The third-order valence-corrected chi connectivity index (χ3v) is 11.9. The molecule has 5 heteroatoms. The predicted octanol–water partition coefficient (Wildman–Crippen LogP) is 14.9. The number of hydrogen-bond donors (Lipinski definition) is 0. The molecule has 3 aromatic heterocycles. The van der Waals surface area contributed by atoms with E-state index < -0.39 is 0 Å². The monoisotopic (exact) mass is 792 g/mol. The van der Waals surface area contributed by atoms with Gasteiger partial charge in [0.2, 0.25) is 0 Å². The van der Waals surface area contributed by atoms with Crippen molar-refractivity contribution in [1.82, 2.24) is 19.5 Å². The fourth-order valence-corrected chi connectivity index (χ4v) is 8.82. The molecule has 0 aliphatic carbocycles. The molecule has 0 N–H and O–H groups in total. The van der Waals surface area contributed by atoms with Crippen LogP contribution in [0.2, 0.25) is 0 Å². The van der Waals surface area contributed by atoms with Crippen LogP contribution in [0.25, 0.3) is 117 Å². The number of para-hydroxylation sites is 2. The van der Waals surface area contributed by atoms with Gasteiger partial charge in [-0.2, -0.15) is 0 Å². The molecule has 0 radical (unpaired) electrons. The fraction of sp³-hybridized carbons (Fsp3) is 0. The minimum absolute atomic E-state index is 0.609. The van der Waals surface area contributed by atoms with Gasteiger partial charge in [-0.15, -0.1) is 0 Å². The Bertz CT molecular complexity index is 3510. The van der Waals surface area contributed by atoms with Crippen molar-refractivity contribution in [3.63, 3.8) is 0 Å². The van der Waals surface area contributed by atoms with E-state index in [-0.39, 0.29) is 0 Å². The van der Waals surface area contributed by atoms with E-state index in [2.05, 4.69) is 211 Å². The molecule has 12 aromatic rings. The summed E-state index contributed by atoms with van der Waals surface area (Å²) in [7, 11) is 0. The number of rotatable bonds is 7. The summed E-state index contributed by atoms with van der Waals surface area (Å²) in [4.78, 5) is 15.3. The third-order valence-electron chi connectivity index (χ3n) is 11.9. The van der Waals surface area contributed by atoms with Gasteiger partial charge in [0, 0.05) is 43.9 Å². The second kappa shape index (κ2) is 14.7. The molecule has 9 aromatic carbocycles. The molecule has 0 aliphatic heterocycles. The van der Waals surface area contributed by atoms with Crippen LogP contribution in [0, 0.1) is 0 Å². The lowest BCUT2D eigenvalue weighted by Crippen LogP contribution is -2.00. The smallest absolute Gasteiger partial charge is 0.164 e. The average molecular weight is 793 g/mol. The molecular formula is C57H36N4O. The predicted molar refractivity (Wildman–Crippen MR) is 254 cm³/mol. The van der Waals surface area contributed by atoms with Crippen molar-refractivity contribution in [2.75, 3.05) is 0 Å². The van der Waals surface area contributed by atoms with E-state index in [1.165, 1.54) is 10.8 Å². The van der Waals surface area contributed by atoms with Crippen LogP contribution in [-0.4, -0.2) is 19.5 Å². The van der Waals surface area contributed by atoms with Gasteiger partial charge in [0.05, 0.1) is 11.0 Å². The summed E-state index contributed by atoms with van der Waals surface area (Å²) in [6.07, 6.45) is 0. The number of nitrogens with zero attached hydrogens (tertiary/aromatic N) is 4. The maximum atomic E-state index is 6.85. The van der Waals surface area contributed by atoms with Crippen molar-refractivity contribution in [3.05, 3.63) is 218 Å². The second-order valence-corrected chi connectivity index (χ2v) is 15.6. The number of furan rings is 1. The maximum absolute atomic E-state index is 6.85. The average Bonchev–Trinajstić information content (AvgIpc) is 3.90. The zero-order chi connectivity index (χ0) is 41.0. The van der Waals surface area contributed by atoms with Gasteiger partial charge < -0.3 is 8.98 Å². The van der Waals surface area contributed by atoms with Crippen LogP contribution in [0.15, 0.2) is 223 Å². The highest BCUT2D eigenvalue weighted by Crippen LogP contribution is 2.41. The van der Waals surface area contributed by atoms with E-state index in [0.29, 0.717) is 17.5 Å². The molecule has 5 nitrogen and oxygen atoms in total. The maximum Gasteiger partial charge on any atom is 0.164 e. The van der Waals surface area contributed by atoms with Gasteiger partial charge in [-0.1, -0.05) is 170 Å². The quantitative estimate of drug-likeness (QED) is 0.161. The van der Waals surface area contributed by atoms with Crippen LogP contribution >= 0.6 is 0 Å². The van der Waals surface area contributed by atoms with Gasteiger partial charge >= 0.3 is 0 Å². The van der Waals surface area contributed by atoms with E-state index in [9.17, 15) is 0 Å². The van der Waals surface area contributed by atoms with Gasteiger partial charge in [-0.3, -0.25) is 0 Å². The summed E-state index contributed by atoms with van der Waals surface area (Å²) < 4.78 is 9.17. The van der Waals surface area contributed by atoms with Gasteiger partial charge in [-0.25, -0.2) is 15.0 Å². The largest absolute Gasteiger partial charge is 0.454 e. The second-order valence-electron chi connectivity index (χ2n) is 15.6. The Morgan fingerprint density at radius 1 is 0.306 bits per heavy atom. The first-order valence-corrected chi connectivity index (χ1v) is 20.8. The summed E-state index contributed by atoms with van der Waals surface area (Å²) in [5.74, 6) is 1.85. The van der Waals surface area contributed by atoms with Crippen LogP contribution < -0.4 is 0 Å². The zero-order valence-electron chi connectivity index (χ0n) is 33.5. The Morgan fingerprint density at radius 2 is 0.758 bits per heavy atom. The van der Waals surface area contributed by atoms with E-state index in [1.54, 1.807) is 0 Å². The van der Waals surface area contributed by atoms with Crippen LogP contribution in [0.5, 0.6) is 0 Å². The first-order valence-electron chi connectivity index (χ1n) is 20.8. The molecule has 0 saturated heterocycles. The number of fused-ring (bicyclic) bond motifs is 7. The zero-order valence-corrected chi connectivity index (χ0v) is 33.5. The molecule has 290 valence electrons. The van der Waals surface area contributed by atoms with Crippen LogP contribution in [0.1, 0.15) is 0 Å². The van der Waals surface area contributed by atoms with Crippen molar-refractivity contribution in [1.29, 1.82) is 0 Å². The molecular weight excluding hydrogens is 757 g/mol. The summed E-state index contributed by atoms with van der Waals surface area (Å²) in [6, 6.07) is 76.2. The Kier molecular flexibility index (Phi) is 8.42. The summed E-state index contributed by atoms with van der Waals surface area (Å²) in [5, 5.41) is 4.56. The normalized spacial score (nSPS) is 11.5. The first kappa shape index (κ1) is 35.5. The highest BCUT2D eigenvalue weighted by atomic mass is 16.3. The van der Waals surface area contributed by atoms with E-state index in [1.807, 2.05) is 12.1 Å². The van der Waals surface area contributed by atoms with Crippen LogP contribution in [0.3, 0.4) is 0 Å². The Morgan fingerprint density at radius 3 is 1.40 bits per heavy atom. The minimum atomic E-state index is 0.609. The van der Waals surface area contributed by atoms with E-state index >= 15 is 0 Å². The molecule has 0 fully saturated rings. The minimum Gasteiger partial charge on any atom is -0.454 e. The standard InChI is InChI=1S/C57H36N4O/c1-4-14-37(15-5-1)41-18-12-20-44(34-41)56-58-55(59-57(60-56)45-21-13-19-42(35-45)38-16-6-2-7-17-38)40-28-26-39(27-29-40)43-30-31-48-50-33-32-49-47-24-10-11-25-51(47)61(46-22-8-3-9-23-46)53(49)54(50)62-52(48)36-43/h1-36H. The topological polar surface area (TPSA) is 56.7 Å². The highest BCUT2D eigenvalue weighted by Gasteiger charge is 2.20. The Hall–Kier alpha value is -8.41. The van der Waals surface area contributed by atoms with Crippen molar-refractivity contribution in [3.8, 4) is 73.2 Å². The molecule has 12 rings (SSSR count). The van der Waals surface area contributed by atoms with Crippen molar-refractivity contribution in [2.45, 2.75) is 0 Å². The number of aromatic nitrogens is 4. The lowest BCUT2D eigenvalue weighted by Gasteiger charge is -2.11. The lowest BCUT2D eigenvalue weighted by molar-refractivity contribution is 0.671. The van der Waals surface area contributed by atoms with Crippen molar-refractivity contribution >= 4 is 43.7 Å². The van der Waals surface area contributed by atoms with Gasteiger partial charge in [-0.05, 0) is 81.9 Å². The third kappa shape index (κ3) is 6.14. The molecule has 3 heterocycles. The van der Waals surface area contributed by atoms with Gasteiger partial charge in [0.1, 0.15) is 5.58 Å². The molecule has 0 atom stereocenters.